The van der Waals surface area contributed by atoms with E-state index in [4.69, 9.17) is 0 Å². The highest BCUT2D eigenvalue weighted by molar-refractivity contribution is 5.87. The quantitative estimate of drug-likeness (QED) is 0.775. The Hall–Kier alpha value is -2.17. The van der Waals surface area contributed by atoms with Gasteiger partial charge in [0.25, 0.3) is 0 Å². The Morgan fingerprint density at radius 3 is 3.00 bits per heavy atom. The lowest BCUT2D eigenvalue weighted by atomic mass is 10.0. The normalized spacial score (nSPS) is 18.5. The van der Waals surface area contributed by atoms with Crippen molar-refractivity contribution in [3.63, 3.8) is 0 Å². The van der Waals surface area contributed by atoms with Crippen molar-refractivity contribution in [2.75, 3.05) is 13.6 Å². The summed E-state index contributed by atoms with van der Waals surface area (Å²) in [6, 6.07) is 12.9. The highest BCUT2D eigenvalue weighted by Crippen LogP contribution is 2.28. The molecule has 4 heteroatoms. The van der Waals surface area contributed by atoms with Crippen LogP contribution in [0.1, 0.15) is 24.1 Å². The summed E-state index contributed by atoms with van der Waals surface area (Å²) in [5.41, 5.74) is 5.26. The minimum absolute atomic E-state index is 0.0283. The highest BCUT2D eigenvalue weighted by Gasteiger charge is 2.22. The molecule has 0 saturated carbocycles. The summed E-state index contributed by atoms with van der Waals surface area (Å²) in [7, 11) is 2.22. The second-order valence-corrected chi connectivity index (χ2v) is 6.73. The van der Waals surface area contributed by atoms with Crippen LogP contribution in [0, 0.1) is 0 Å². The van der Waals surface area contributed by atoms with E-state index >= 15 is 0 Å². The van der Waals surface area contributed by atoms with E-state index in [0.717, 1.165) is 17.7 Å². The molecule has 0 bridgehead atoms. The van der Waals surface area contributed by atoms with Gasteiger partial charge in [-0.25, -0.2) is 0 Å². The van der Waals surface area contributed by atoms with Crippen molar-refractivity contribution < 1.29 is 5.11 Å². The number of fused-ring (bicyclic) bond motifs is 1. The molecule has 1 unspecified atom stereocenters. The number of aliphatic hydroxyl groups is 1. The Balaban J connectivity index is 1.70. The molecule has 1 aliphatic heterocycles. The van der Waals surface area contributed by atoms with E-state index in [1.54, 1.807) is 0 Å². The van der Waals surface area contributed by atoms with Gasteiger partial charge in [-0.3, -0.25) is 4.98 Å². The van der Waals surface area contributed by atoms with Gasteiger partial charge in [0, 0.05) is 28.7 Å². The molecule has 1 aliphatic rings. The largest absolute Gasteiger partial charge is 0.390 e. The van der Waals surface area contributed by atoms with Crippen LogP contribution in [0.3, 0.4) is 0 Å². The van der Waals surface area contributed by atoms with Crippen LogP contribution in [0.25, 0.3) is 22.2 Å². The summed E-state index contributed by atoms with van der Waals surface area (Å²) in [6.45, 7) is 1.18. The number of benzene rings is 1. The summed E-state index contributed by atoms with van der Waals surface area (Å²) in [5, 5.41) is 10.6. The molecule has 4 rings (SSSR count). The first-order chi connectivity index (χ1) is 11.7. The average Bonchev–Trinajstić information content (AvgIpc) is 3.21. The van der Waals surface area contributed by atoms with Gasteiger partial charge >= 0.3 is 0 Å². The first-order valence-corrected chi connectivity index (χ1v) is 8.62. The molecule has 1 saturated heterocycles. The number of aromatic nitrogens is 2. The Morgan fingerprint density at radius 2 is 2.21 bits per heavy atom. The molecule has 1 aromatic carbocycles. The van der Waals surface area contributed by atoms with Crippen LogP contribution in [0.4, 0.5) is 0 Å². The SMILES string of the molecule is CN1CCCC1Cc1c[nH]c2ccc(-c3cccc(CO)n3)cc12. The van der Waals surface area contributed by atoms with Gasteiger partial charge in [0.2, 0.25) is 0 Å². The molecule has 0 aliphatic carbocycles. The maximum absolute atomic E-state index is 9.30. The van der Waals surface area contributed by atoms with Gasteiger partial charge < -0.3 is 15.0 Å². The fourth-order valence-electron chi connectivity index (χ4n) is 3.73. The summed E-state index contributed by atoms with van der Waals surface area (Å²) >= 11 is 0. The van der Waals surface area contributed by atoms with Crippen molar-refractivity contribution in [3.8, 4) is 11.3 Å². The summed E-state index contributed by atoms with van der Waals surface area (Å²) in [4.78, 5) is 10.4. The van der Waals surface area contributed by atoms with Crippen molar-refractivity contribution in [3.05, 3.63) is 53.9 Å². The van der Waals surface area contributed by atoms with Gasteiger partial charge in [-0.15, -0.1) is 0 Å². The number of likely N-dealkylation sites (N-methyl/N-ethyl adjacent to an activating group) is 1. The number of aliphatic hydroxyl groups excluding tert-OH is 1. The number of hydrogen-bond donors (Lipinski definition) is 2. The number of nitrogens with zero attached hydrogens (tertiary/aromatic N) is 2. The number of H-pyrrole nitrogens is 1. The topological polar surface area (TPSA) is 52.2 Å². The van der Waals surface area contributed by atoms with E-state index in [2.05, 4.69) is 46.3 Å². The standard InChI is InChI=1S/C20H23N3O/c1-23-9-3-5-17(23)10-15-12-21-20-8-7-14(11-18(15)20)19-6-2-4-16(13-24)22-19/h2,4,6-8,11-12,17,21,24H,3,5,9-10,13H2,1H3. The molecule has 3 heterocycles. The predicted molar refractivity (Wildman–Crippen MR) is 96.8 cm³/mol. The van der Waals surface area contributed by atoms with Gasteiger partial charge in [0.15, 0.2) is 0 Å². The number of hydrogen-bond acceptors (Lipinski definition) is 3. The third kappa shape index (κ3) is 2.83. The first kappa shape index (κ1) is 15.4. The van der Waals surface area contributed by atoms with Crippen LogP contribution in [-0.2, 0) is 13.0 Å². The van der Waals surface area contributed by atoms with Crippen LogP contribution in [0.15, 0.2) is 42.6 Å². The van der Waals surface area contributed by atoms with Crippen LogP contribution < -0.4 is 0 Å². The van der Waals surface area contributed by atoms with Crippen molar-refractivity contribution in [2.24, 2.45) is 0 Å². The molecule has 0 amide bonds. The number of pyridine rings is 1. The fourth-order valence-corrected chi connectivity index (χ4v) is 3.73. The molecule has 2 aromatic heterocycles. The number of rotatable bonds is 4. The highest BCUT2D eigenvalue weighted by atomic mass is 16.3. The predicted octanol–water partition coefficient (Wildman–Crippen LogP) is 3.36. The van der Waals surface area contributed by atoms with Crippen molar-refractivity contribution >= 4 is 10.9 Å². The van der Waals surface area contributed by atoms with Gasteiger partial charge in [0.1, 0.15) is 0 Å². The molecule has 3 aromatic rings. The second-order valence-electron chi connectivity index (χ2n) is 6.73. The van der Waals surface area contributed by atoms with Crippen LogP contribution in [0.5, 0.6) is 0 Å². The van der Waals surface area contributed by atoms with E-state index in [9.17, 15) is 5.11 Å². The fraction of sp³-hybridized carbons (Fsp3) is 0.350. The number of likely N-dealkylation sites (tertiary alicyclic amines) is 1. The van der Waals surface area contributed by atoms with Gasteiger partial charge in [0.05, 0.1) is 18.0 Å². The van der Waals surface area contributed by atoms with Gasteiger partial charge in [-0.1, -0.05) is 12.1 Å². The van der Waals surface area contributed by atoms with Crippen molar-refractivity contribution in [1.82, 2.24) is 14.9 Å². The zero-order chi connectivity index (χ0) is 16.5. The Morgan fingerprint density at radius 1 is 1.29 bits per heavy atom. The average molecular weight is 321 g/mol. The molecule has 24 heavy (non-hydrogen) atoms. The smallest absolute Gasteiger partial charge is 0.0853 e. The van der Waals surface area contributed by atoms with Crippen LogP contribution in [0.2, 0.25) is 0 Å². The lowest BCUT2D eigenvalue weighted by molar-refractivity contribution is 0.277. The van der Waals surface area contributed by atoms with Crippen LogP contribution in [-0.4, -0.2) is 39.6 Å². The molecule has 0 radical (unpaired) electrons. The van der Waals surface area contributed by atoms with E-state index in [-0.39, 0.29) is 6.61 Å². The zero-order valence-electron chi connectivity index (χ0n) is 14.0. The Bertz CT molecular complexity index is 855. The molecule has 124 valence electrons. The summed E-state index contributed by atoms with van der Waals surface area (Å²) in [5.74, 6) is 0. The minimum Gasteiger partial charge on any atom is -0.390 e. The van der Waals surface area contributed by atoms with E-state index < -0.39 is 0 Å². The van der Waals surface area contributed by atoms with E-state index in [0.29, 0.717) is 11.7 Å². The molecular formula is C20H23N3O. The minimum atomic E-state index is -0.0283. The zero-order valence-corrected chi connectivity index (χ0v) is 14.0. The molecule has 2 N–H and O–H groups in total. The lowest BCUT2D eigenvalue weighted by Crippen LogP contribution is -2.26. The van der Waals surface area contributed by atoms with Gasteiger partial charge in [-0.2, -0.15) is 0 Å². The van der Waals surface area contributed by atoms with Crippen LogP contribution >= 0.6 is 0 Å². The third-order valence-electron chi connectivity index (χ3n) is 5.16. The summed E-state index contributed by atoms with van der Waals surface area (Å²) < 4.78 is 0. The number of aromatic amines is 1. The Labute approximate surface area is 142 Å². The first-order valence-electron chi connectivity index (χ1n) is 8.62. The number of nitrogens with one attached hydrogen (secondary N) is 1. The van der Waals surface area contributed by atoms with E-state index in [1.165, 1.54) is 35.9 Å². The van der Waals surface area contributed by atoms with E-state index in [1.807, 2.05) is 18.2 Å². The monoisotopic (exact) mass is 321 g/mol. The Kier molecular flexibility index (Phi) is 4.08. The molecule has 1 atom stereocenters. The lowest BCUT2D eigenvalue weighted by Gasteiger charge is -2.18. The maximum atomic E-state index is 9.30. The molecule has 4 nitrogen and oxygen atoms in total. The molecule has 0 spiro atoms. The molecular weight excluding hydrogens is 298 g/mol. The second kappa shape index (κ2) is 6.38. The van der Waals surface area contributed by atoms with Gasteiger partial charge in [-0.05, 0) is 62.7 Å². The van der Waals surface area contributed by atoms with Crippen molar-refractivity contribution in [2.45, 2.75) is 31.9 Å². The molecule has 1 fully saturated rings. The summed E-state index contributed by atoms with van der Waals surface area (Å²) in [6.07, 6.45) is 5.82. The van der Waals surface area contributed by atoms with Crippen molar-refractivity contribution in [1.29, 1.82) is 0 Å². The third-order valence-corrected chi connectivity index (χ3v) is 5.16. The maximum Gasteiger partial charge on any atom is 0.0853 e.